The van der Waals surface area contributed by atoms with Crippen molar-refractivity contribution in [2.45, 2.75) is 27.5 Å². The molecule has 9 heteroatoms. The molecule has 1 heterocycles. The van der Waals surface area contributed by atoms with Crippen molar-refractivity contribution in [3.8, 4) is 0 Å². The topological polar surface area (TPSA) is 106 Å². The lowest BCUT2D eigenvalue weighted by molar-refractivity contribution is 0.590. The van der Waals surface area contributed by atoms with Crippen LogP contribution in [-0.2, 0) is 26.2 Å². The third-order valence-corrected chi connectivity index (χ3v) is 8.49. The van der Waals surface area contributed by atoms with Crippen LogP contribution in [0.15, 0.2) is 50.4 Å². The van der Waals surface area contributed by atoms with E-state index in [4.69, 9.17) is 5.73 Å². The molecule has 0 unspecified atom stereocenters. The van der Waals surface area contributed by atoms with E-state index in [0.717, 1.165) is 16.2 Å². The normalized spacial score (nSPS) is 12.4. The molecule has 2 aromatic rings. The summed E-state index contributed by atoms with van der Waals surface area (Å²) in [7, 11) is -7.09. The van der Waals surface area contributed by atoms with Crippen molar-refractivity contribution in [1.29, 1.82) is 0 Å². The van der Waals surface area contributed by atoms with Gasteiger partial charge < -0.3 is 11.1 Å². The van der Waals surface area contributed by atoms with Gasteiger partial charge in [-0.05, 0) is 42.9 Å². The Labute approximate surface area is 146 Å². The largest absolute Gasteiger partial charge is 0.326 e. The lowest BCUT2D eigenvalue weighted by Crippen LogP contribution is -2.22. The molecule has 0 fully saturated rings. The monoisotopic (exact) mass is 388 g/mol. The first-order chi connectivity index (χ1) is 11.3. The van der Waals surface area contributed by atoms with E-state index in [-0.39, 0.29) is 26.3 Å². The highest BCUT2D eigenvalue weighted by Crippen LogP contribution is 2.28. The number of rotatable bonds is 8. The number of hydrogen-bond acceptors (Lipinski definition) is 7. The van der Waals surface area contributed by atoms with Crippen LogP contribution in [0.1, 0.15) is 11.8 Å². The molecule has 3 N–H and O–H groups in total. The maximum absolute atomic E-state index is 12.5. The highest BCUT2D eigenvalue weighted by atomic mass is 32.2. The Kier molecular flexibility index (Phi) is 6.16. The summed E-state index contributed by atoms with van der Waals surface area (Å²) in [4.78, 5) is 0.961. The molecule has 1 aromatic carbocycles. The standard InChI is InChI=1S/C15H20N2O4S3/c1-2-17-9-10-23(18,19)13-4-6-14(7-5-13)24(20,21)15-8-3-12(11-16)22-15/h3-8,17H,2,9-11,16H2,1H3. The lowest BCUT2D eigenvalue weighted by Gasteiger charge is -2.07. The number of benzene rings is 1. The summed E-state index contributed by atoms with van der Waals surface area (Å²) in [5.74, 6) is -0.0300. The van der Waals surface area contributed by atoms with Crippen LogP contribution in [0, 0.1) is 0 Å². The Bertz CT molecular complexity index is 885. The number of sulfone groups is 2. The van der Waals surface area contributed by atoms with Gasteiger partial charge in [-0.25, -0.2) is 16.8 Å². The minimum atomic E-state index is -3.66. The Morgan fingerprint density at radius 3 is 2.17 bits per heavy atom. The number of thiophene rings is 1. The molecule has 1 aromatic heterocycles. The Morgan fingerprint density at radius 1 is 1.00 bits per heavy atom. The molecule has 2 rings (SSSR count). The van der Waals surface area contributed by atoms with Crippen molar-refractivity contribution in [3.05, 3.63) is 41.3 Å². The van der Waals surface area contributed by atoms with E-state index >= 15 is 0 Å². The molecule has 132 valence electrons. The SMILES string of the molecule is CCNCCS(=O)(=O)c1ccc(S(=O)(=O)c2ccc(CN)s2)cc1. The average Bonchev–Trinajstić information content (AvgIpc) is 3.05. The average molecular weight is 389 g/mol. The van der Waals surface area contributed by atoms with Gasteiger partial charge in [-0.2, -0.15) is 0 Å². The molecule has 0 aliphatic heterocycles. The second kappa shape index (κ2) is 7.75. The Morgan fingerprint density at radius 2 is 1.62 bits per heavy atom. The highest BCUT2D eigenvalue weighted by Gasteiger charge is 2.21. The van der Waals surface area contributed by atoms with Gasteiger partial charge in [0.05, 0.1) is 15.5 Å². The van der Waals surface area contributed by atoms with Crippen LogP contribution < -0.4 is 11.1 Å². The first-order valence-electron chi connectivity index (χ1n) is 7.38. The van der Waals surface area contributed by atoms with Crippen molar-refractivity contribution in [1.82, 2.24) is 5.32 Å². The van der Waals surface area contributed by atoms with Crippen molar-refractivity contribution in [2.24, 2.45) is 5.73 Å². The van der Waals surface area contributed by atoms with Crippen LogP contribution in [0.2, 0.25) is 0 Å². The third-order valence-electron chi connectivity index (χ3n) is 3.39. The predicted molar refractivity (Wildman–Crippen MR) is 94.7 cm³/mol. The summed E-state index contributed by atoms with van der Waals surface area (Å²) < 4.78 is 49.6. The Hall–Kier alpha value is -1.26. The van der Waals surface area contributed by atoms with Crippen LogP contribution >= 0.6 is 11.3 Å². The van der Waals surface area contributed by atoms with Gasteiger partial charge in [0.1, 0.15) is 4.21 Å². The van der Waals surface area contributed by atoms with Crippen molar-refractivity contribution < 1.29 is 16.8 Å². The van der Waals surface area contributed by atoms with Gasteiger partial charge in [0.25, 0.3) is 0 Å². The van der Waals surface area contributed by atoms with E-state index in [9.17, 15) is 16.8 Å². The Balaban J connectivity index is 2.25. The molecule has 6 nitrogen and oxygen atoms in total. The fourth-order valence-electron chi connectivity index (χ4n) is 2.06. The molecule has 0 aliphatic rings. The number of nitrogens with two attached hydrogens (primary N) is 1. The van der Waals surface area contributed by atoms with Gasteiger partial charge in [-0.1, -0.05) is 6.92 Å². The molecule has 0 aliphatic carbocycles. The van der Waals surface area contributed by atoms with Gasteiger partial charge in [0.2, 0.25) is 9.84 Å². The molecule has 0 bridgehead atoms. The van der Waals surface area contributed by atoms with E-state index in [1.165, 1.54) is 30.3 Å². The van der Waals surface area contributed by atoms with Crippen molar-refractivity contribution in [2.75, 3.05) is 18.8 Å². The summed E-state index contributed by atoms with van der Waals surface area (Å²) in [6.07, 6.45) is 0. The molecular weight excluding hydrogens is 368 g/mol. The molecule has 24 heavy (non-hydrogen) atoms. The molecule has 0 amide bonds. The smallest absolute Gasteiger partial charge is 0.215 e. The highest BCUT2D eigenvalue weighted by molar-refractivity contribution is 7.93. The fourth-order valence-corrected chi connectivity index (χ4v) is 5.89. The molecule has 0 radical (unpaired) electrons. The predicted octanol–water partition coefficient (Wildman–Crippen LogP) is 1.42. The maximum atomic E-state index is 12.5. The lowest BCUT2D eigenvalue weighted by atomic mass is 10.4. The second-order valence-electron chi connectivity index (χ2n) is 5.07. The molecule has 0 saturated heterocycles. The van der Waals surface area contributed by atoms with Crippen molar-refractivity contribution in [3.63, 3.8) is 0 Å². The summed E-state index contributed by atoms with van der Waals surface area (Å²) in [5, 5.41) is 2.96. The zero-order valence-corrected chi connectivity index (χ0v) is 15.7. The minimum Gasteiger partial charge on any atom is -0.326 e. The van der Waals surface area contributed by atoms with Gasteiger partial charge in [0, 0.05) is 18.0 Å². The van der Waals surface area contributed by atoms with Gasteiger partial charge in [0.15, 0.2) is 9.84 Å². The number of nitrogens with one attached hydrogen (secondary N) is 1. The summed E-state index contributed by atoms with van der Waals surface area (Å²) in [6, 6.07) is 8.53. The zero-order valence-electron chi connectivity index (χ0n) is 13.2. The first kappa shape index (κ1) is 19.1. The molecule has 0 saturated carbocycles. The summed E-state index contributed by atoms with van der Waals surface area (Å²) in [6.45, 7) is 3.23. The number of hydrogen-bond donors (Lipinski definition) is 2. The van der Waals surface area contributed by atoms with Crippen LogP contribution in [0.5, 0.6) is 0 Å². The molecule has 0 atom stereocenters. The van der Waals surface area contributed by atoms with E-state index in [1.807, 2.05) is 6.92 Å². The van der Waals surface area contributed by atoms with Crippen LogP contribution in [0.25, 0.3) is 0 Å². The van der Waals surface area contributed by atoms with Crippen LogP contribution in [0.4, 0.5) is 0 Å². The van der Waals surface area contributed by atoms with Crippen molar-refractivity contribution >= 4 is 31.0 Å². The zero-order chi connectivity index (χ0) is 17.8. The van der Waals surface area contributed by atoms with E-state index in [0.29, 0.717) is 13.1 Å². The summed E-state index contributed by atoms with van der Waals surface area (Å²) >= 11 is 1.12. The molecular formula is C15H20N2O4S3. The van der Waals surface area contributed by atoms with Gasteiger partial charge in [-0.15, -0.1) is 11.3 Å². The van der Waals surface area contributed by atoms with E-state index in [2.05, 4.69) is 5.32 Å². The van der Waals surface area contributed by atoms with Gasteiger partial charge in [-0.3, -0.25) is 0 Å². The van der Waals surface area contributed by atoms with E-state index < -0.39 is 19.7 Å². The molecule has 0 spiro atoms. The second-order valence-corrected chi connectivity index (χ2v) is 10.5. The third kappa shape index (κ3) is 4.22. The van der Waals surface area contributed by atoms with Crippen LogP contribution in [0.3, 0.4) is 0 Å². The first-order valence-corrected chi connectivity index (χ1v) is 11.3. The van der Waals surface area contributed by atoms with Crippen LogP contribution in [-0.4, -0.2) is 35.7 Å². The van der Waals surface area contributed by atoms with Gasteiger partial charge >= 0.3 is 0 Å². The quantitative estimate of drug-likeness (QED) is 0.663. The fraction of sp³-hybridized carbons (Fsp3) is 0.333. The summed E-state index contributed by atoms with van der Waals surface area (Å²) in [5.41, 5.74) is 5.51. The van der Waals surface area contributed by atoms with E-state index in [1.54, 1.807) is 6.07 Å². The maximum Gasteiger partial charge on any atom is 0.215 e. The minimum absolute atomic E-state index is 0.0300.